The number of likely N-dealkylation sites (tertiary alicyclic amines) is 1. The Morgan fingerprint density at radius 3 is 2.81 bits per heavy atom. The van der Waals surface area contributed by atoms with Crippen molar-refractivity contribution in [2.75, 3.05) is 19.6 Å². The molecule has 0 bridgehead atoms. The molecule has 1 fully saturated rings. The van der Waals surface area contributed by atoms with Gasteiger partial charge in [0.15, 0.2) is 0 Å². The van der Waals surface area contributed by atoms with Crippen molar-refractivity contribution in [3.05, 3.63) is 0 Å². The van der Waals surface area contributed by atoms with Gasteiger partial charge in [-0.05, 0) is 38.3 Å². The Kier molecular flexibility index (Phi) is 5.77. The lowest BCUT2D eigenvalue weighted by Gasteiger charge is -2.26. The van der Waals surface area contributed by atoms with Crippen LogP contribution in [0.4, 0.5) is 0 Å². The molecule has 1 saturated heterocycles. The van der Waals surface area contributed by atoms with E-state index in [-0.39, 0.29) is 6.54 Å². The molecule has 3 N–H and O–H groups in total. The van der Waals surface area contributed by atoms with Crippen LogP contribution in [0.25, 0.3) is 0 Å². The standard InChI is InChI=1S/C12H24N2O2/c1-2-4-10-5-3-7-14(8-6-10)11(9-13)12(15)16/h10-11H,2-9,13H2,1H3,(H,15,16). The van der Waals surface area contributed by atoms with Gasteiger partial charge in [0.1, 0.15) is 6.04 Å². The van der Waals surface area contributed by atoms with Gasteiger partial charge >= 0.3 is 5.97 Å². The molecule has 0 radical (unpaired) electrons. The quantitative estimate of drug-likeness (QED) is 0.744. The number of hydrogen-bond donors (Lipinski definition) is 2. The van der Waals surface area contributed by atoms with Gasteiger partial charge < -0.3 is 10.8 Å². The van der Waals surface area contributed by atoms with Crippen LogP contribution >= 0.6 is 0 Å². The highest BCUT2D eigenvalue weighted by molar-refractivity contribution is 5.73. The molecule has 2 atom stereocenters. The van der Waals surface area contributed by atoms with Crippen LogP contribution in [0.5, 0.6) is 0 Å². The summed E-state index contributed by atoms with van der Waals surface area (Å²) in [6, 6.07) is -0.486. The Labute approximate surface area is 97.8 Å². The fraction of sp³-hybridized carbons (Fsp3) is 0.917. The lowest BCUT2D eigenvalue weighted by Crippen LogP contribution is -2.46. The highest BCUT2D eigenvalue weighted by Crippen LogP contribution is 2.22. The zero-order chi connectivity index (χ0) is 12.0. The second-order valence-electron chi connectivity index (χ2n) is 4.71. The molecule has 4 nitrogen and oxygen atoms in total. The van der Waals surface area contributed by atoms with E-state index in [1.165, 1.54) is 19.3 Å². The molecule has 94 valence electrons. The third-order valence-corrected chi connectivity index (χ3v) is 3.53. The van der Waals surface area contributed by atoms with E-state index in [9.17, 15) is 4.79 Å². The average molecular weight is 228 g/mol. The van der Waals surface area contributed by atoms with E-state index >= 15 is 0 Å². The minimum absolute atomic E-state index is 0.216. The molecule has 0 spiro atoms. The summed E-state index contributed by atoms with van der Waals surface area (Å²) in [5.41, 5.74) is 5.53. The fourth-order valence-corrected chi connectivity index (χ4v) is 2.60. The van der Waals surface area contributed by atoms with E-state index < -0.39 is 12.0 Å². The van der Waals surface area contributed by atoms with Gasteiger partial charge in [-0.1, -0.05) is 19.8 Å². The highest BCUT2D eigenvalue weighted by Gasteiger charge is 2.26. The number of nitrogens with two attached hydrogens (primary N) is 1. The molecule has 0 aliphatic carbocycles. The van der Waals surface area contributed by atoms with Crippen molar-refractivity contribution in [2.24, 2.45) is 11.7 Å². The number of rotatable bonds is 5. The van der Waals surface area contributed by atoms with Crippen molar-refractivity contribution in [3.8, 4) is 0 Å². The van der Waals surface area contributed by atoms with E-state index in [0.29, 0.717) is 0 Å². The molecule has 0 saturated carbocycles. The Hall–Kier alpha value is -0.610. The second kappa shape index (κ2) is 6.86. The summed E-state index contributed by atoms with van der Waals surface area (Å²) in [7, 11) is 0. The maximum absolute atomic E-state index is 11.0. The zero-order valence-electron chi connectivity index (χ0n) is 10.2. The predicted molar refractivity (Wildman–Crippen MR) is 64.3 cm³/mol. The maximum Gasteiger partial charge on any atom is 0.322 e. The summed E-state index contributed by atoms with van der Waals surface area (Å²) in [5, 5.41) is 9.06. The normalized spacial score (nSPS) is 25.0. The molecule has 1 heterocycles. The summed E-state index contributed by atoms with van der Waals surface area (Å²) in [6.45, 7) is 4.20. The first kappa shape index (κ1) is 13.5. The third kappa shape index (κ3) is 3.76. The smallest absolute Gasteiger partial charge is 0.322 e. The molecule has 1 aliphatic heterocycles. The molecule has 0 aromatic carbocycles. The van der Waals surface area contributed by atoms with Crippen molar-refractivity contribution in [3.63, 3.8) is 0 Å². The van der Waals surface area contributed by atoms with Gasteiger partial charge in [-0.3, -0.25) is 9.69 Å². The molecule has 1 aliphatic rings. The van der Waals surface area contributed by atoms with Crippen molar-refractivity contribution in [2.45, 2.75) is 45.1 Å². The Morgan fingerprint density at radius 1 is 1.50 bits per heavy atom. The minimum Gasteiger partial charge on any atom is -0.480 e. The summed E-state index contributed by atoms with van der Waals surface area (Å²) >= 11 is 0. The van der Waals surface area contributed by atoms with Gasteiger partial charge in [-0.25, -0.2) is 0 Å². The van der Waals surface area contributed by atoms with Crippen LogP contribution in [0.3, 0.4) is 0 Å². The van der Waals surface area contributed by atoms with E-state index in [4.69, 9.17) is 10.8 Å². The zero-order valence-corrected chi connectivity index (χ0v) is 10.2. The first-order valence-corrected chi connectivity index (χ1v) is 6.36. The van der Waals surface area contributed by atoms with Gasteiger partial charge in [0.25, 0.3) is 0 Å². The van der Waals surface area contributed by atoms with Crippen molar-refractivity contribution in [1.82, 2.24) is 4.90 Å². The van der Waals surface area contributed by atoms with E-state index in [0.717, 1.165) is 31.8 Å². The minimum atomic E-state index is -0.781. The third-order valence-electron chi connectivity index (χ3n) is 3.53. The van der Waals surface area contributed by atoms with Crippen molar-refractivity contribution >= 4 is 5.97 Å². The lowest BCUT2D eigenvalue weighted by atomic mass is 9.96. The largest absolute Gasteiger partial charge is 0.480 e. The summed E-state index contributed by atoms with van der Waals surface area (Å²) in [4.78, 5) is 13.1. The molecule has 0 aromatic rings. The molecule has 0 aromatic heterocycles. The number of carbonyl (C=O) groups is 1. The molecule has 1 rings (SSSR count). The maximum atomic E-state index is 11.0. The van der Waals surface area contributed by atoms with Crippen LogP contribution in [-0.2, 0) is 4.79 Å². The van der Waals surface area contributed by atoms with E-state index in [2.05, 4.69) is 6.92 Å². The molecule has 0 amide bonds. The van der Waals surface area contributed by atoms with Crippen LogP contribution in [0.15, 0.2) is 0 Å². The molecule has 16 heavy (non-hydrogen) atoms. The first-order valence-electron chi connectivity index (χ1n) is 6.36. The van der Waals surface area contributed by atoms with Crippen LogP contribution in [0.2, 0.25) is 0 Å². The summed E-state index contributed by atoms with van der Waals surface area (Å²) in [6.07, 6.45) is 5.96. The molecule has 4 heteroatoms. The number of aliphatic carboxylic acids is 1. The van der Waals surface area contributed by atoms with Crippen LogP contribution < -0.4 is 5.73 Å². The lowest BCUT2D eigenvalue weighted by molar-refractivity contribution is -0.142. The highest BCUT2D eigenvalue weighted by atomic mass is 16.4. The van der Waals surface area contributed by atoms with Gasteiger partial charge in [-0.15, -0.1) is 0 Å². The molecule has 2 unspecified atom stereocenters. The van der Waals surface area contributed by atoms with Crippen LogP contribution in [0.1, 0.15) is 39.0 Å². The first-order chi connectivity index (χ1) is 7.69. The monoisotopic (exact) mass is 228 g/mol. The van der Waals surface area contributed by atoms with E-state index in [1.54, 1.807) is 0 Å². The molecular formula is C12H24N2O2. The average Bonchev–Trinajstić information content (AvgIpc) is 2.46. The number of carboxylic acid groups (broad SMARTS) is 1. The van der Waals surface area contributed by atoms with Crippen LogP contribution in [-0.4, -0.2) is 41.7 Å². The summed E-state index contributed by atoms with van der Waals surface area (Å²) < 4.78 is 0. The Bertz CT molecular complexity index is 221. The van der Waals surface area contributed by atoms with Gasteiger partial charge in [0.2, 0.25) is 0 Å². The van der Waals surface area contributed by atoms with E-state index in [1.807, 2.05) is 4.90 Å². The van der Waals surface area contributed by atoms with Crippen LogP contribution in [0, 0.1) is 5.92 Å². The SMILES string of the molecule is CCCC1CCCN(C(CN)C(=O)O)CC1. The number of hydrogen-bond acceptors (Lipinski definition) is 3. The summed E-state index contributed by atoms with van der Waals surface area (Å²) in [5.74, 6) is -0.00124. The Morgan fingerprint density at radius 2 is 2.25 bits per heavy atom. The predicted octanol–water partition coefficient (Wildman–Crippen LogP) is 1.30. The van der Waals surface area contributed by atoms with Crippen molar-refractivity contribution < 1.29 is 9.90 Å². The topological polar surface area (TPSA) is 66.6 Å². The van der Waals surface area contributed by atoms with Gasteiger partial charge in [0.05, 0.1) is 0 Å². The fourth-order valence-electron chi connectivity index (χ4n) is 2.60. The Balaban J connectivity index is 2.48. The van der Waals surface area contributed by atoms with Crippen molar-refractivity contribution in [1.29, 1.82) is 0 Å². The second-order valence-corrected chi connectivity index (χ2v) is 4.71. The number of carboxylic acids is 1. The molecular weight excluding hydrogens is 204 g/mol. The number of nitrogens with zero attached hydrogens (tertiary/aromatic N) is 1. The van der Waals surface area contributed by atoms with Gasteiger partial charge in [-0.2, -0.15) is 0 Å². The van der Waals surface area contributed by atoms with Gasteiger partial charge in [0, 0.05) is 6.54 Å².